The quantitative estimate of drug-likeness (QED) is 0.342. The van der Waals surface area contributed by atoms with Gasteiger partial charge in [0, 0.05) is 36.7 Å². The SMILES string of the molecule is O.O=[Si]([O-])[O-].O=[Si]([O-])[O-].O=[Si]([O-])[O-].O=[Si]([O-])[O-].[Al+3].[Al+3].[Mg+2]. The van der Waals surface area contributed by atoms with Crippen LogP contribution in [0.4, 0.5) is 0 Å². The van der Waals surface area contributed by atoms with Crippen molar-refractivity contribution < 1.29 is 61.7 Å². The molecule has 0 fully saturated rings. The summed E-state index contributed by atoms with van der Waals surface area (Å²) in [5.41, 5.74) is 0. The van der Waals surface area contributed by atoms with Crippen molar-refractivity contribution >= 4 is 94.5 Å². The molecule has 0 rings (SSSR count). The molecule has 0 atom stereocenters. The van der Waals surface area contributed by atoms with Crippen molar-refractivity contribution in [3.05, 3.63) is 0 Å². The van der Waals surface area contributed by atoms with Crippen LogP contribution >= 0.6 is 0 Å². The van der Waals surface area contributed by atoms with Gasteiger partial charge in [0.2, 0.25) is 0 Å². The molecule has 0 aliphatic carbocycles. The Balaban J connectivity index is -0.0000000150. The summed E-state index contributed by atoms with van der Waals surface area (Å²) in [4.78, 5) is 68.1. The Kier molecular flexibility index (Phi) is 107. The Morgan fingerprint density at radius 2 is 0.450 bits per heavy atom. The Hall–Kier alpha value is 0.259. The Morgan fingerprint density at radius 3 is 0.450 bits per heavy atom. The van der Waals surface area contributed by atoms with Gasteiger partial charge in [0.15, 0.2) is 0 Å². The van der Waals surface area contributed by atoms with Crippen LogP contribution in [-0.4, -0.2) is 99.9 Å². The monoisotopic (exact) mass is 400 g/mol. The van der Waals surface area contributed by atoms with Crippen molar-refractivity contribution in [2.75, 3.05) is 0 Å². The van der Waals surface area contributed by atoms with Gasteiger partial charge >= 0.3 is 57.8 Å². The van der Waals surface area contributed by atoms with Gasteiger partial charge in [-0.15, -0.1) is 0 Å². The van der Waals surface area contributed by atoms with Gasteiger partial charge in [-0.3, -0.25) is 0 Å². The second-order valence-electron chi connectivity index (χ2n) is 1.00. The van der Waals surface area contributed by atoms with Crippen LogP contribution in [-0.2, 0) is 17.8 Å². The minimum atomic E-state index is -3.63. The van der Waals surface area contributed by atoms with E-state index < -0.39 is 36.7 Å². The third-order valence-corrected chi connectivity index (χ3v) is 0. The smallest absolute Gasteiger partial charge is 0.672 e. The molecule has 0 saturated heterocycles. The van der Waals surface area contributed by atoms with E-state index in [4.69, 9.17) is 56.2 Å². The minimum absolute atomic E-state index is 0. The molecule has 2 N–H and O–H groups in total. The molecule has 20 heteroatoms. The molecule has 0 aliphatic heterocycles. The summed E-state index contributed by atoms with van der Waals surface area (Å²) in [6.45, 7) is 0. The molecule has 13 nitrogen and oxygen atoms in total. The summed E-state index contributed by atoms with van der Waals surface area (Å²) in [5.74, 6) is 0. The summed E-state index contributed by atoms with van der Waals surface area (Å²) in [5, 5.41) is 0. The van der Waals surface area contributed by atoms with Gasteiger partial charge < -0.3 is 61.7 Å². The summed E-state index contributed by atoms with van der Waals surface area (Å²) in [6, 6.07) is 0. The van der Waals surface area contributed by atoms with E-state index in [1.165, 1.54) is 0 Å². The van der Waals surface area contributed by atoms with Gasteiger partial charge in [-0.1, -0.05) is 0 Å². The fourth-order valence-electron chi connectivity index (χ4n) is 0. The van der Waals surface area contributed by atoms with Gasteiger partial charge in [-0.25, -0.2) is 0 Å². The number of hydrogen-bond acceptors (Lipinski definition) is 12. The molecule has 0 aliphatic rings. The van der Waals surface area contributed by atoms with Crippen LogP contribution in [0.3, 0.4) is 0 Å². The first kappa shape index (κ1) is 50.0. The van der Waals surface area contributed by atoms with E-state index in [2.05, 4.69) is 0 Å². The minimum Gasteiger partial charge on any atom is -0.672 e. The second kappa shape index (κ2) is 42.7. The number of rotatable bonds is 0. The molecule has 0 radical (unpaired) electrons. The zero-order valence-electron chi connectivity index (χ0n) is 9.26. The third-order valence-electron chi connectivity index (χ3n) is 0. The predicted octanol–water partition coefficient (Wildman–Crippen LogP) is -13.5. The van der Waals surface area contributed by atoms with E-state index in [1.807, 2.05) is 0 Å². The van der Waals surface area contributed by atoms with Crippen LogP contribution in [0.15, 0.2) is 0 Å². The number of hydrogen-bond donors (Lipinski definition) is 0. The molecule has 104 valence electrons. The first-order valence-corrected chi connectivity index (χ1v) is 7.35. The molecule has 0 aromatic carbocycles. The molecular weight excluding hydrogens is 399 g/mol. The van der Waals surface area contributed by atoms with Gasteiger partial charge in [-0.2, -0.15) is 0 Å². The average Bonchev–Trinajstić information content (AvgIpc) is 1.76. The molecular formula is H2Al2MgO13Si4. The van der Waals surface area contributed by atoms with E-state index >= 15 is 0 Å². The first-order valence-electron chi connectivity index (χ1n) is 2.45. The van der Waals surface area contributed by atoms with E-state index in [0.717, 1.165) is 0 Å². The molecule has 0 aromatic rings. The largest absolute Gasteiger partial charge is 3.00 e. The molecule has 0 unspecified atom stereocenters. The van der Waals surface area contributed by atoms with Crippen molar-refractivity contribution in [1.82, 2.24) is 0 Å². The van der Waals surface area contributed by atoms with Crippen LogP contribution in [0.25, 0.3) is 0 Å². The van der Waals surface area contributed by atoms with Crippen LogP contribution in [0.1, 0.15) is 0 Å². The van der Waals surface area contributed by atoms with E-state index in [-0.39, 0.29) is 63.3 Å². The Bertz CT molecular complexity index is 168. The van der Waals surface area contributed by atoms with Crippen molar-refractivity contribution in [2.24, 2.45) is 0 Å². The first-order chi connectivity index (χ1) is 6.93. The predicted molar refractivity (Wildman–Crippen MR) is 46.6 cm³/mol. The summed E-state index contributed by atoms with van der Waals surface area (Å²) < 4.78 is 34.1. The molecule has 0 amide bonds. The van der Waals surface area contributed by atoms with Crippen molar-refractivity contribution in [2.45, 2.75) is 0 Å². The van der Waals surface area contributed by atoms with Crippen molar-refractivity contribution in [3.63, 3.8) is 0 Å². The normalized spacial score (nSPS) is 4.80. The Labute approximate surface area is 155 Å². The third kappa shape index (κ3) is 81300. The van der Waals surface area contributed by atoms with Crippen molar-refractivity contribution in [3.8, 4) is 0 Å². The maximum absolute atomic E-state index is 8.52. The zero-order valence-corrected chi connectivity index (χ0v) is 17.0. The molecule has 0 spiro atoms. The maximum atomic E-state index is 8.52. The fraction of sp³-hybridized carbons (Fsp3) is 0. The molecule has 0 bridgehead atoms. The van der Waals surface area contributed by atoms with E-state index in [0.29, 0.717) is 0 Å². The molecule has 0 aromatic heterocycles. The maximum Gasteiger partial charge on any atom is 3.00 e. The average molecular weight is 401 g/mol. The van der Waals surface area contributed by atoms with Gasteiger partial charge in [0.1, 0.15) is 0 Å². The molecule has 0 heterocycles. The van der Waals surface area contributed by atoms with Crippen LogP contribution in [0.5, 0.6) is 0 Å². The topological polar surface area (TPSA) is 284 Å². The van der Waals surface area contributed by atoms with E-state index in [9.17, 15) is 0 Å². The fourth-order valence-corrected chi connectivity index (χ4v) is 0. The Morgan fingerprint density at radius 1 is 0.450 bits per heavy atom. The van der Waals surface area contributed by atoms with E-state index in [1.54, 1.807) is 0 Å². The van der Waals surface area contributed by atoms with Gasteiger partial charge in [0.25, 0.3) is 0 Å². The standard InChI is InChI=1S/2Al.Mg.4O3Si.H2O/c;;;4*1-4(2)3;/h;;;;;;;1H2/q2*+3;+2;4*-2;. The van der Waals surface area contributed by atoms with Crippen LogP contribution in [0.2, 0.25) is 0 Å². The summed E-state index contributed by atoms with van der Waals surface area (Å²) in [6.07, 6.45) is 0. The summed E-state index contributed by atoms with van der Waals surface area (Å²) in [7, 11) is -14.5. The molecule has 20 heavy (non-hydrogen) atoms. The second-order valence-corrected chi connectivity index (χ2v) is 3.00. The van der Waals surface area contributed by atoms with Crippen molar-refractivity contribution in [1.29, 1.82) is 0 Å². The van der Waals surface area contributed by atoms with Gasteiger partial charge in [0.05, 0.1) is 0 Å². The zero-order chi connectivity index (χ0) is 14.3. The summed E-state index contributed by atoms with van der Waals surface area (Å²) >= 11 is 0. The van der Waals surface area contributed by atoms with Crippen LogP contribution in [0, 0.1) is 0 Å². The molecule has 0 saturated carbocycles. The van der Waals surface area contributed by atoms with Gasteiger partial charge in [-0.05, 0) is 0 Å². The van der Waals surface area contributed by atoms with Crippen LogP contribution < -0.4 is 38.4 Å².